The quantitative estimate of drug-likeness (QED) is 0.372. The number of rotatable bonds is 6. The largest absolute Gasteiger partial charge is 0.491 e. The molecule has 1 aliphatic rings. The lowest BCUT2D eigenvalue weighted by atomic mass is 10.2. The van der Waals surface area contributed by atoms with E-state index in [1.807, 2.05) is 36.4 Å². The van der Waals surface area contributed by atoms with Crippen LogP contribution in [0, 0.1) is 24.7 Å². The summed E-state index contributed by atoms with van der Waals surface area (Å²) in [7, 11) is 0. The molecule has 0 radical (unpaired) electrons. The van der Waals surface area contributed by atoms with Gasteiger partial charge in [-0.3, -0.25) is 0 Å². The maximum Gasteiger partial charge on any atom is 0.123 e. The molecule has 1 heterocycles. The molecule has 3 rings (SSSR count). The van der Waals surface area contributed by atoms with E-state index in [0.29, 0.717) is 115 Å². The molecule has 2 aromatic rings. The minimum Gasteiger partial charge on any atom is -0.491 e. The molecule has 4 bridgehead atoms. The van der Waals surface area contributed by atoms with E-state index in [-0.39, 0.29) is 13.2 Å². The zero-order valence-corrected chi connectivity index (χ0v) is 24.0. The van der Waals surface area contributed by atoms with Gasteiger partial charge in [0.1, 0.15) is 62.6 Å². The monoisotopic (exact) mass is 584 g/mol. The lowest BCUT2D eigenvalue weighted by molar-refractivity contribution is 0.0259. The van der Waals surface area contributed by atoms with Crippen LogP contribution in [0.4, 0.5) is 0 Å². The molecule has 1 aliphatic heterocycles. The first-order valence-electron chi connectivity index (χ1n) is 13.9. The van der Waals surface area contributed by atoms with Crippen molar-refractivity contribution in [2.45, 2.75) is 13.2 Å². The molecule has 0 N–H and O–H groups in total. The van der Waals surface area contributed by atoms with Crippen LogP contribution in [-0.4, -0.2) is 92.5 Å². The molecular formula is C32H40O10. The molecule has 0 aliphatic carbocycles. The van der Waals surface area contributed by atoms with Crippen LogP contribution in [0.1, 0.15) is 11.1 Å². The van der Waals surface area contributed by atoms with Crippen molar-refractivity contribution >= 4 is 0 Å². The molecule has 228 valence electrons. The third kappa shape index (κ3) is 14.4. The minimum absolute atomic E-state index is 0.224. The number of benzene rings is 2. The lowest BCUT2D eigenvalue weighted by Gasteiger charge is -2.14. The van der Waals surface area contributed by atoms with Gasteiger partial charge in [0.2, 0.25) is 0 Å². The molecular weight excluding hydrogens is 544 g/mol. The second-order valence-corrected chi connectivity index (χ2v) is 8.86. The Morgan fingerprint density at radius 2 is 0.738 bits per heavy atom. The standard InChI is InChI=1S/C32H40O10/c1-3-5-37-25-27-19-29-23-30(20-27)40-16-12-34-8-10-36-14-18-42-32-22-28(26-38-6-4-2)21-31(24-32)41-17-13-35-9-7-33-11-15-39-29/h1-2,19-24H,5-18,25-26H2. The van der Waals surface area contributed by atoms with Gasteiger partial charge >= 0.3 is 0 Å². The van der Waals surface area contributed by atoms with Gasteiger partial charge in [0, 0.05) is 12.1 Å². The van der Waals surface area contributed by atoms with Gasteiger partial charge < -0.3 is 47.4 Å². The number of hydrogen-bond donors (Lipinski definition) is 0. The highest BCUT2D eigenvalue weighted by Gasteiger charge is 2.07. The highest BCUT2D eigenvalue weighted by Crippen LogP contribution is 2.25. The van der Waals surface area contributed by atoms with Crippen molar-refractivity contribution in [3.8, 4) is 47.7 Å². The minimum atomic E-state index is 0.224. The molecule has 0 saturated carbocycles. The maximum atomic E-state index is 5.88. The first-order chi connectivity index (χ1) is 20.8. The highest BCUT2D eigenvalue weighted by molar-refractivity contribution is 5.39. The summed E-state index contributed by atoms with van der Waals surface area (Å²) >= 11 is 0. The van der Waals surface area contributed by atoms with Crippen molar-refractivity contribution in [1.29, 1.82) is 0 Å². The summed E-state index contributed by atoms with van der Waals surface area (Å²) < 4.78 is 57.0. The highest BCUT2D eigenvalue weighted by atomic mass is 16.6. The van der Waals surface area contributed by atoms with Gasteiger partial charge in [-0.05, 0) is 35.4 Å². The van der Waals surface area contributed by atoms with Gasteiger partial charge in [-0.25, -0.2) is 0 Å². The second-order valence-electron chi connectivity index (χ2n) is 8.86. The van der Waals surface area contributed by atoms with Crippen LogP contribution in [0.15, 0.2) is 36.4 Å². The van der Waals surface area contributed by atoms with E-state index < -0.39 is 0 Å². The molecule has 42 heavy (non-hydrogen) atoms. The fraction of sp³-hybridized carbons (Fsp3) is 0.500. The maximum absolute atomic E-state index is 5.88. The Hall–Kier alpha value is -3.48. The van der Waals surface area contributed by atoms with Crippen LogP contribution in [0.2, 0.25) is 0 Å². The Kier molecular flexibility index (Phi) is 16.7. The van der Waals surface area contributed by atoms with Gasteiger partial charge in [0.25, 0.3) is 0 Å². The number of terminal acetylenes is 2. The van der Waals surface area contributed by atoms with Crippen LogP contribution in [0.3, 0.4) is 0 Å². The molecule has 0 unspecified atom stereocenters. The van der Waals surface area contributed by atoms with E-state index in [2.05, 4.69) is 11.8 Å². The molecule has 0 atom stereocenters. The Morgan fingerprint density at radius 1 is 0.452 bits per heavy atom. The summed E-state index contributed by atoms with van der Waals surface area (Å²) in [5.41, 5.74) is 1.78. The summed E-state index contributed by atoms with van der Waals surface area (Å²) in [5.74, 6) is 7.52. The van der Waals surface area contributed by atoms with Crippen LogP contribution in [0.25, 0.3) is 0 Å². The normalized spacial score (nSPS) is 16.3. The average Bonchev–Trinajstić information content (AvgIpc) is 2.99. The van der Waals surface area contributed by atoms with Crippen LogP contribution in [0.5, 0.6) is 23.0 Å². The third-order valence-electron chi connectivity index (χ3n) is 5.52. The Morgan fingerprint density at radius 3 is 1.02 bits per heavy atom. The van der Waals surface area contributed by atoms with E-state index in [9.17, 15) is 0 Å². The molecule has 0 fully saturated rings. The van der Waals surface area contributed by atoms with Gasteiger partial charge in [0.05, 0.1) is 66.1 Å². The number of fused-ring (bicyclic) bond motifs is 4. The lowest BCUT2D eigenvalue weighted by Crippen LogP contribution is -2.14. The van der Waals surface area contributed by atoms with Gasteiger partial charge in [-0.1, -0.05) is 11.8 Å². The molecule has 0 spiro atoms. The fourth-order valence-corrected chi connectivity index (χ4v) is 3.73. The van der Waals surface area contributed by atoms with Gasteiger partial charge in [-0.15, -0.1) is 12.8 Å². The van der Waals surface area contributed by atoms with Gasteiger partial charge in [-0.2, -0.15) is 0 Å². The molecule has 10 heteroatoms. The van der Waals surface area contributed by atoms with Crippen molar-refractivity contribution in [2.24, 2.45) is 0 Å². The topological polar surface area (TPSA) is 92.3 Å². The summed E-state index contributed by atoms with van der Waals surface area (Å²) in [5, 5.41) is 0. The first kappa shape index (κ1) is 33.0. The van der Waals surface area contributed by atoms with Crippen molar-refractivity contribution in [3.05, 3.63) is 47.5 Å². The fourth-order valence-electron chi connectivity index (χ4n) is 3.73. The predicted octanol–water partition coefficient (Wildman–Crippen LogP) is 3.28. The van der Waals surface area contributed by atoms with Gasteiger partial charge in [0.15, 0.2) is 0 Å². The van der Waals surface area contributed by atoms with Crippen molar-refractivity contribution in [3.63, 3.8) is 0 Å². The smallest absolute Gasteiger partial charge is 0.123 e. The third-order valence-corrected chi connectivity index (χ3v) is 5.52. The Labute approximate surface area is 248 Å². The average molecular weight is 585 g/mol. The van der Waals surface area contributed by atoms with Crippen LogP contribution in [-0.2, 0) is 41.6 Å². The Balaban J connectivity index is 1.52. The van der Waals surface area contributed by atoms with E-state index in [0.717, 1.165) is 11.1 Å². The Bertz CT molecular complexity index is 959. The number of hydrogen-bond acceptors (Lipinski definition) is 10. The van der Waals surface area contributed by atoms with E-state index in [1.54, 1.807) is 0 Å². The zero-order valence-electron chi connectivity index (χ0n) is 24.0. The van der Waals surface area contributed by atoms with E-state index >= 15 is 0 Å². The number of ether oxygens (including phenoxy) is 10. The van der Waals surface area contributed by atoms with Crippen molar-refractivity contribution in [1.82, 2.24) is 0 Å². The molecule has 10 nitrogen and oxygen atoms in total. The SMILES string of the molecule is C#CCOCc1cc2cc(c1)OCCOCCOCCOc1cc(COCC#C)cc(c1)OCCOCCOCCO2. The van der Waals surface area contributed by atoms with Crippen molar-refractivity contribution in [2.75, 3.05) is 92.5 Å². The van der Waals surface area contributed by atoms with E-state index in [1.165, 1.54) is 0 Å². The second kappa shape index (κ2) is 21.3. The molecule has 2 aromatic carbocycles. The summed E-state index contributed by atoms with van der Waals surface area (Å²) in [6.07, 6.45) is 10.6. The summed E-state index contributed by atoms with van der Waals surface area (Å²) in [6.45, 7) is 5.95. The summed E-state index contributed by atoms with van der Waals surface area (Å²) in [4.78, 5) is 0. The predicted molar refractivity (Wildman–Crippen MR) is 155 cm³/mol. The van der Waals surface area contributed by atoms with Crippen molar-refractivity contribution < 1.29 is 47.4 Å². The molecule has 0 aromatic heterocycles. The first-order valence-corrected chi connectivity index (χ1v) is 13.9. The molecule has 0 amide bonds. The van der Waals surface area contributed by atoms with Crippen LogP contribution < -0.4 is 18.9 Å². The van der Waals surface area contributed by atoms with Crippen LogP contribution >= 0.6 is 0 Å². The van der Waals surface area contributed by atoms with E-state index in [4.69, 9.17) is 60.2 Å². The summed E-state index contributed by atoms with van der Waals surface area (Å²) in [6, 6.07) is 11.2. The molecule has 0 saturated heterocycles. The zero-order chi connectivity index (χ0) is 29.5.